The zero-order chi connectivity index (χ0) is 18.1. The van der Waals surface area contributed by atoms with Gasteiger partial charge in [0.2, 0.25) is 0 Å². The maximum Gasteiger partial charge on any atom is 0.255 e. The molecule has 0 spiro atoms. The molecular weight excluding hydrogens is 363 g/mol. The highest BCUT2D eigenvalue weighted by molar-refractivity contribution is 7.80. The molecule has 0 radical (unpaired) electrons. The van der Waals surface area contributed by atoms with Gasteiger partial charge >= 0.3 is 0 Å². The summed E-state index contributed by atoms with van der Waals surface area (Å²) >= 11 is 11.7. The monoisotopic (exact) mass is 378 g/mol. The first-order chi connectivity index (χ1) is 11.9. The van der Waals surface area contributed by atoms with E-state index in [1.807, 2.05) is 4.90 Å². The van der Waals surface area contributed by atoms with E-state index in [0.29, 0.717) is 28.1 Å². The van der Waals surface area contributed by atoms with Crippen molar-refractivity contribution in [3.05, 3.63) is 58.9 Å². The second-order valence-electron chi connectivity index (χ2n) is 5.71. The molecule has 130 valence electrons. The number of hydrogen-bond donors (Lipinski definition) is 0. The predicted octanol–water partition coefficient (Wildman–Crippen LogP) is 4.01. The Hall–Kier alpha value is -2.18. The molecule has 1 saturated heterocycles. The minimum absolute atomic E-state index is 0.131. The molecule has 2 aromatic carbocycles. The topological polar surface area (TPSA) is 32.8 Å². The summed E-state index contributed by atoms with van der Waals surface area (Å²) in [6, 6.07) is 10.8. The Morgan fingerprint density at radius 3 is 2.52 bits per heavy atom. The van der Waals surface area contributed by atoms with Crippen molar-refractivity contribution in [2.75, 3.05) is 12.0 Å². The van der Waals surface area contributed by atoms with Gasteiger partial charge in [-0.1, -0.05) is 23.7 Å². The molecule has 1 aliphatic rings. The van der Waals surface area contributed by atoms with E-state index < -0.39 is 6.04 Å². The lowest BCUT2D eigenvalue weighted by Crippen LogP contribution is -2.33. The third kappa shape index (κ3) is 3.32. The van der Waals surface area contributed by atoms with Crippen molar-refractivity contribution in [3.63, 3.8) is 0 Å². The average molecular weight is 379 g/mol. The second-order valence-corrected chi connectivity index (χ2v) is 6.48. The summed E-state index contributed by atoms with van der Waals surface area (Å²) in [5.41, 5.74) is 1.47. The van der Waals surface area contributed by atoms with E-state index in [1.54, 1.807) is 37.3 Å². The molecule has 1 heterocycles. The molecule has 0 N–H and O–H groups in total. The van der Waals surface area contributed by atoms with Gasteiger partial charge in [0.15, 0.2) is 5.11 Å². The van der Waals surface area contributed by atoms with Crippen LogP contribution in [0.1, 0.15) is 12.5 Å². The van der Waals surface area contributed by atoms with Crippen molar-refractivity contribution in [1.29, 1.82) is 0 Å². The second kappa shape index (κ2) is 6.98. The van der Waals surface area contributed by atoms with Gasteiger partial charge in [0, 0.05) is 6.54 Å². The Morgan fingerprint density at radius 1 is 1.24 bits per heavy atom. The van der Waals surface area contributed by atoms with Gasteiger partial charge in [-0.15, -0.1) is 0 Å². The zero-order valence-electron chi connectivity index (χ0n) is 13.7. The van der Waals surface area contributed by atoms with E-state index in [1.165, 1.54) is 24.1 Å². The van der Waals surface area contributed by atoms with Crippen LogP contribution >= 0.6 is 23.8 Å². The summed E-state index contributed by atoms with van der Waals surface area (Å²) in [7, 11) is 1.53. The highest BCUT2D eigenvalue weighted by atomic mass is 35.5. The van der Waals surface area contributed by atoms with Crippen molar-refractivity contribution < 1.29 is 13.9 Å². The number of ether oxygens (including phenoxy) is 1. The molecule has 1 amide bonds. The van der Waals surface area contributed by atoms with Crippen LogP contribution in [0.3, 0.4) is 0 Å². The summed E-state index contributed by atoms with van der Waals surface area (Å²) in [6.45, 7) is 2.22. The Labute approximate surface area is 155 Å². The van der Waals surface area contributed by atoms with Crippen LogP contribution in [0.4, 0.5) is 10.1 Å². The number of benzene rings is 2. The van der Waals surface area contributed by atoms with E-state index in [9.17, 15) is 9.18 Å². The molecule has 3 rings (SSSR count). The molecule has 2 aromatic rings. The van der Waals surface area contributed by atoms with Gasteiger partial charge in [-0.05, 0) is 55.0 Å². The van der Waals surface area contributed by atoms with E-state index in [4.69, 9.17) is 28.6 Å². The largest absolute Gasteiger partial charge is 0.495 e. The highest BCUT2D eigenvalue weighted by Gasteiger charge is 2.40. The molecule has 25 heavy (non-hydrogen) atoms. The van der Waals surface area contributed by atoms with Gasteiger partial charge in [-0.2, -0.15) is 0 Å². The molecule has 0 aliphatic carbocycles. The summed E-state index contributed by atoms with van der Waals surface area (Å²) in [5.74, 6) is 0.0962. The summed E-state index contributed by atoms with van der Waals surface area (Å²) in [5, 5.41) is 0.795. The minimum atomic E-state index is -0.418. The van der Waals surface area contributed by atoms with Crippen molar-refractivity contribution in [2.24, 2.45) is 0 Å². The number of carbonyl (C=O) groups is 1. The van der Waals surface area contributed by atoms with Crippen LogP contribution in [0, 0.1) is 5.82 Å². The molecule has 1 unspecified atom stereocenters. The van der Waals surface area contributed by atoms with Crippen LogP contribution in [0.25, 0.3) is 0 Å². The van der Waals surface area contributed by atoms with Crippen LogP contribution in [0.2, 0.25) is 5.02 Å². The lowest BCUT2D eigenvalue weighted by atomic mass is 10.2. The molecule has 7 heteroatoms. The fourth-order valence-electron chi connectivity index (χ4n) is 2.73. The van der Waals surface area contributed by atoms with Crippen molar-refractivity contribution in [3.8, 4) is 5.75 Å². The van der Waals surface area contributed by atoms with Gasteiger partial charge in [-0.3, -0.25) is 9.69 Å². The average Bonchev–Trinajstić information content (AvgIpc) is 2.80. The zero-order valence-corrected chi connectivity index (χ0v) is 15.3. The lowest BCUT2D eigenvalue weighted by Gasteiger charge is -2.22. The number of thiocarbonyl (C=S) groups is 1. The van der Waals surface area contributed by atoms with Crippen LogP contribution in [-0.4, -0.2) is 29.1 Å². The SMILES string of the molecule is COc1ccc(N2C(=O)C(C)N(Cc3ccc(F)cc3)C2=S)cc1Cl. The molecular formula is C18H16ClFN2O2S. The third-order valence-corrected chi connectivity index (χ3v) is 4.85. The van der Waals surface area contributed by atoms with E-state index >= 15 is 0 Å². The third-order valence-electron chi connectivity index (χ3n) is 4.14. The number of methoxy groups -OCH3 is 1. The van der Waals surface area contributed by atoms with Gasteiger partial charge in [-0.25, -0.2) is 4.39 Å². The van der Waals surface area contributed by atoms with Crippen molar-refractivity contribution in [1.82, 2.24) is 4.90 Å². The Balaban J connectivity index is 1.87. The number of nitrogens with zero attached hydrogens (tertiary/aromatic N) is 2. The number of carbonyl (C=O) groups excluding carboxylic acids is 1. The number of halogens is 2. The van der Waals surface area contributed by atoms with E-state index in [-0.39, 0.29) is 11.7 Å². The molecule has 1 atom stereocenters. The summed E-state index contributed by atoms with van der Waals surface area (Å²) < 4.78 is 18.2. The first kappa shape index (κ1) is 17.6. The van der Waals surface area contributed by atoms with Crippen LogP contribution in [0.5, 0.6) is 5.75 Å². The van der Waals surface area contributed by atoms with Crippen molar-refractivity contribution >= 4 is 40.5 Å². The van der Waals surface area contributed by atoms with E-state index in [0.717, 1.165) is 5.56 Å². The highest BCUT2D eigenvalue weighted by Crippen LogP contribution is 2.33. The number of anilines is 1. The smallest absolute Gasteiger partial charge is 0.255 e. The predicted molar refractivity (Wildman–Crippen MR) is 99.5 cm³/mol. The molecule has 4 nitrogen and oxygen atoms in total. The van der Waals surface area contributed by atoms with Crippen LogP contribution < -0.4 is 9.64 Å². The number of hydrogen-bond acceptors (Lipinski definition) is 3. The normalized spacial score (nSPS) is 17.4. The Bertz CT molecular complexity index is 828. The maximum absolute atomic E-state index is 13.1. The van der Waals surface area contributed by atoms with Crippen LogP contribution in [0.15, 0.2) is 42.5 Å². The molecule has 0 bridgehead atoms. The van der Waals surface area contributed by atoms with E-state index in [2.05, 4.69) is 0 Å². The fourth-order valence-corrected chi connectivity index (χ4v) is 3.40. The summed E-state index contributed by atoms with van der Waals surface area (Å²) in [6.07, 6.45) is 0. The summed E-state index contributed by atoms with van der Waals surface area (Å²) in [4.78, 5) is 16.0. The van der Waals surface area contributed by atoms with Crippen molar-refractivity contribution in [2.45, 2.75) is 19.5 Å². The van der Waals surface area contributed by atoms with Gasteiger partial charge < -0.3 is 9.64 Å². The molecule has 1 aliphatic heterocycles. The lowest BCUT2D eigenvalue weighted by molar-refractivity contribution is -0.119. The standard InChI is InChI=1S/C18H16ClFN2O2S/c1-11-17(23)22(14-7-8-16(24-2)15(19)9-14)18(25)21(11)10-12-3-5-13(20)6-4-12/h3-9,11H,10H2,1-2H3. The molecule has 0 aromatic heterocycles. The van der Waals surface area contributed by atoms with Gasteiger partial charge in [0.25, 0.3) is 5.91 Å². The first-order valence-electron chi connectivity index (χ1n) is 7.65. The van der Waals surface area contributed by atoms with Gasteiger partial charge in [0.1, 0.15) is 17.6 Å². The number of rotatable bonds is 4. The first-order valence-corrected chi connectivity index (χ1v) is 8.43. The molecule has 1 fully saturated rings. The quantitative estimate of drug-likeness (QED) is 0.752. The Morgan fingerprint density at radius 2 is 1.92 bits per heavy atom. The fraction of sp³-hybridized carbons (Fsp3) is 0.222. The minimum Gasteiger partial charge on any atom is -0.495 e. The van der Waals surface area contributed by atoms with Crippen LogP contribution in [-0.2, 0) is 11.3 Å². The number of amides is 1. The van der Waals surface area contributed by atoms with Gasteiger partial charge in [0.05, 0.1) is 17.8 Å². The maximum atomic E-state index is 13.1. The molecule has 0 saturated carbocycles. The Kier molecular flexibility index (Phi) is 4.92.